The Hall–Kier alpha value is -1.47. The van der Waals surface area contributed by atoms with Crippen LogP contribution in [0.3, 0.4) is 0 Å². The third kappa shape index (κ3) is 3.74. The lowest BCUT2D eigenvalue weighted by atomic mass is 9.88. The van der Waals surface area contributed by atoms with Gasteiger partial charge in [0.2, 0.25) is 5.91 Å². The van der Waals surface area contributed by atoms with E-state index in [0.717, 1.165) is 0 Å². The maximum Gasteiger partial charge on any atom is 0.228 e. The van der Waals surface area contributed by atoms with Crippen LogP contribution in [0.2, 0.25) is 0 Å². The zero-order valence-corrected chi connectivity index (χ0v) is 11.1. The van der Waals surface area contributed by atoms with E-state index in [2.05, 4.69) is 10.3 Å². The van der Waals surface area contributed by atoms with Crippen molar-refractivity contribution in [1.82, 2.24) is 4.98 Å². The van der Waals surface area contributed by atoms with Gasteiger partial charge in [-0.15, -0.1) is 0 Å². The lowest BCUT2D eigenvalue weighted by molar-refractivity contribution is -0.120. The van der Waals surface area contributed by atoms with E-state index in [1.807, 2.05) is 0 Å². The maximum atomic E-state index is 12.0. The Morgan fingerprint density at radius 3 is 2.58 bits per heavy atom. The van der Waals surface area contributed by atoms with Gasteiger partial charge in [0.25, 0.3) is 0 Å². The average Bonchev–Trinajstić information content (AvgIpc) is 2.41. The van der Waals surface area contributed by atoms with Crippen LogP contribution in [-0.2, 0) is 15.9 Å². The zero-order valence-electron chi connectivity index (χ0n) is 10.2. The van der Waals surface area contributed by atoms with Crippen LogP contribution in [0.15, 0.2) is 18.3 Å². The van der Waals surface area contributed by atoms with Crippen molar-refractivity contribution in [1.29, 1.82) is 0 Å². The van der Waals surface area contributed by atoms with Gasteiger partial charge in [0.1, 0.15) is 11.6 Å². The van der Waals surface area contributed by atoms with E-state index >= 15 is 0 Å². The van der Waals surface area contributed by atoms with Crippen LogP contribution in [0, 0.1) is 5.92 Å². The summed E-state index contributed by atoms with van der Waals surface area (Å²) < 4.78 is 21.6. The molecule has 0 radical (unpaired) electrons. The minimum absolute atomic E-state index is 0.0384. The highest BCUT2D eigenvalue weighted by Crippen LogP contribution is 2.27. The van der Waals surface area contributed by atoms with Gasteiger partial charge in [0.15, 0.2) is 0 Å². The molecule has 0 saturated heterocycles. The number of nitrogens with zero attached hydrogens (tertiary/aromatic N) is 1. The van der Waals surface area contributed by atoms with Gasteiger partial charge >= 0.3 is 0 Å². The van der Waals surface area contributed by atoms with E-state index in [1.54, 1.807) is 0 Å². The number of pyridine rings is 1. The predicted molar refractivity (Wildman–Crippen MR) is 69.2 cm³/mol. The first kappa shape index (κ1) is 14.0. The first-order chi connectivity index (χ1) is 9.06. The van der Waals surface area contributed by atoms with E-state index in [0.29, 0.717) is 31.5 Å². The summed E-state index contributed by atoms with van der Waals surface area (Å²) in [6.45, 7) is 0. The molecule has 1 amide bonds. The Kier molecular flexibility index (Phi) is 4.49. The van der Waals surface area contributed by atoms with Crippen molar-refractivity contribution in [2.75, 3.05) is 5.32 Å². The molecule has 1 aromatic rings. The summed E-state index contributed by atoms with van der Waals surface area (Å²) >= 11 is -2.04. The highest BCUT2D eigenvalue weighted by Gasteiger charge is 2.26. The van der Waals surface area contributed by atoms with Crippen molar-refractivity contribution < 1.29 is 18.7 Å². The number of carbonyl (C=O) groups excluding carboxylic acids is 1. The van der Waals surface area contributed by atoms with Crippen molar-refractivity contribution in [3.63, 3.8) is 0 Å². The molecule has 104 valence electrons. The first-order valence-electron chi connectivity index (χ1n) is 6.10. The summed E-state index contributed by atoms with van der Waals surface area (Å²) in [4.78, 5) is 15.8. The molecule has 1 aliphatic rings. The van der Waals surface area contributed by atoms with Crippen molar-refractivity contribution in [2.24, 2.45) is 5.92 Å². The summed E-state index contributed by atoms with van der Waals surface area (Å²) in [5.74, 6) is 0.109. The smallest absolute Gasteiger partial charge is 0.228 e. The standard InChI is InChI=1S/C12H16N2O4S/c15-9-3-6-11(13-7-9)14-12(16)8-1-4-10(5-2-8)19(17)18/h3,6-8,10,15H,1-2,4-5H2,(H,17,18)(H,13,14,16)/p-1. The summed E-state index contributed by atoms with van der Waals surface area (Å²) in [7, 11) is 0. The van der Waals surface area contributed by atoms with Gasteiger partial charge in [-0.1, -0.05) is 11.1 Å². The van der Waals surface area contributed by atoms with Crippen molar-refractivity contribution >= 4 is 22.8 Å². The van der Waals surface area contributed by atoms with Crippen LogP contribution in [-0.4, -0.2) is 30.0 Å². The molecule has 2 N–H and O–H groups in total. The molecule has 1 heterocycles. The Balaban J connectivity index is 1.88. The lowest BCUT2D eigenvalue weighted by Crippen LogP contribution is -2.30. The van der Waals surface area contributed by atoms with E-state index < -0.39 is 11.1 Å². The fraction of sp³-hybridized carbons (Fsp3) is 0.500. The summed E-state index contributed by atoms with van der Waals surface area (Å²) in [5.41, 5.74) is 0. The molecule has 0 aliphatic heterocycles. The third-order valence-electron chi connectivity index (χ3n) is 3.32. The number of hydrogen-bond donors (Lipinski definition) is 2. The second-order valence-electron chi connectivity index (χ2n) is 4.63. The number of anilines is 1. The van der Waals surface area contributed by atoms with Gasteiger partial charge in [0, 0.05) is 11.2 Å². The number of aromatic nitrogens is 1. The van der Waals surface area contributed by atoms with Crippen LogP contribution in [0.1, 0.15) is 25.7 Å². The molecule has 1 saturated carbocycles. The predicted octanol–water partition coefficient (Wildman–Crippen LogP) is 1.16. The molecule has 1 aromatic heterocycles. The largest absolute Gasteiger partial charge is 0.772 e. The molecule has 0 spiro atoms. The number of hydrogen-bond acceptors (Lipinski definition) is 5. The molecule has 1 aliphatic carbocycles. The van der Waals surface area contributed by atoms with Gasteiger partial charge in [0.05, 0.1) is 6.20 Å². The fourth-order valence-electron chi connectivity index (χ4n) is 2.21. The van der Waals surface area contributed by atoms with Crippen LogP contribution < -0.4 is 5.32 Å². The van der Waals surface area contributed by atoms with Crippen molar-refractivity contribution in [2.45, 2.75) is 30.9 Å². The quantitative estimate of drug-likeness (QED) is 0.810. The Bertz CT molecular complexity index is 469. The molecule has 2 rings (SSSR count). The highest BCUT2D eigenvalue weighted by atomic mass is 32.2. The molecular formula is C12H15N2O4S-. The van der Waals surface area contributed by atoms with Crippen molar-refractivity contribution in [3.05, 3.63) is 18.3 Å². The first-order valence-corrected chi connectivity index (χ1v) is 7.24. The number of amides is 1. The Morgan fingerprint density at radius 2 is 2.05 bits per heavy atom. The van der Waals surface area contributed by atoms with E-state index in [9.17, 15) is 13.6 Å². The van der Waals surface area contributed by atoms with E-state index in [1.165, 1.54) is 18.3 Å². The Labute approximate surface area is 113 Å². The van der Waals surface area contributed by atoms with Crippen LogP contribution in [0.4, 0.5) is 5.82 Å². The molecule has 1 unspecified atom stereocenters. The van der Waals surface area contributed by atoms with Gasteiger partial charge in [-0.3, -0.25) is 9.00 Å². The third-order valence-corrected chi connectivity index (χ3v) is 4.33. The Morgan fingerprint density at radius 1 is 1.37 bits per heavy atom. The van der Waals surface area contributed by atoms with Gasteiger partial charge in [-0.05, 0) is 37.8 Å². The molecule has 6 nitrogen and oxygen atoms in total. The van der Waals surface area contributed by atoms with Gasteiger partial charge in [-0.25, -0.2) is 4.98 Å². The molecule has 1 atom stereocenters. The topological polar surface area (TPSA) is 102 Å². The van der Waals surface area contributed by atoms with Crippen LogP contribution in [0.5, 0.6) is 5.75 Å². The minimum atomic E-state index is -2.04. The normalized spacial score (nSPS) is 24.7. The summed E-state index contributed by atoms with van der Waals surface area (Å²) in [5, 5.41) is 11.4. The second-order valence-corrected chi connectivity index (χ2v) is 5.81. The lowest BCUT2D eigenvalue weighted by Gasteiger charge is -2.28. The molecule has 0 bridgehead atoms. The molecule has 7 heteroatoms. The SMILES string of the molecule is O=C(Nc1ccc(O)cn1)C1CCC(S(=O)[O-])CC1. The number of nitrogens with one attached hydrogen (secondary N) is 1. The number of rotatable bonds is 3. The molecular weight excluding hydrogens is 268 g/mol. The van der Waals surface area contributed by atoms with Crippen molar-refractivity contribution in [3.8, 4) is 5.75 Å². The monoisotopic (exact) mass is 283 g/mol. The molecule has 0 aromatic carbocycles. The zero-order chi connectivity index (χ0) is 13.8. The van der Waals surface area contributed by atoms with E-state index in [4.69, 9.17) is 5.11 Å². The van der Waals surface area contributed by atoms with E-state index in [-0.39, 0.29) is 22.8 Å². The van der Waals surface area contributed by atoms with Crippen LogP contribution >= 0.6 is 0 Å². The maximum absolute atomic E-state index is 12.0. The highest BCUT2D eigenvalue weighted by molar-refractivity contribution is 7.79. The van der Waals surface area contributed by atoms with Crippen LogP contribution in [0.25, 0.3) is 0 Å². The average molecular weight is 283 g/mol. The molecule has 1 fully saturated rings. The van der Waals surface area contributed by atoms with Gasteiger partial charge < -0.3 is 15.0 Å². The minimum Gasteiger partial charge on any atom is -0.772 e. The molecule has 19 heavy (non-hydrogen) atoms. The fourth-order valence-corrected chi connectivity index (χ4v) is 2.86. The summed E-state index contributed by atoms with van der Waals surface area (Å²) in [6.07, 6.45) is 3.45. The van der Waals surface area contributed by atoms with Gasteiger partial charge in [-0.2, -0.15) is 0 Å². The number of aromatic hydroxyl groups is 1. The number of carbonyl (C=O) groups is 1. The summed E-state index contributed by atoms with van der Waals surface area (Å²) in [6, 6.07) is 2.96. The second kappa shape index (κ2) is 6.12.